The van der Waals surface area contributed by atoms with Crippen molar-refractivity contribution in [3.63, 3.8) is 0 Å². The van der Waals surface area contributed by atoms with Crippen molar-refractivity contribution in [2.75, 3.05) is 6.61 Å². The summed E-state index contributed by atoms with van der Waals surface area (Å²) in [5.74, 6) is -0.260. The Bertz CT molecular complexity index is 638. The molecule has 1 aliphatic rings. The quantitative estimate of drug-likeness (QED) is 0.333. The van der Waals surface area contributed by atoms with Crippen LogP contribution in [-0.4, -0.2) is 38.5 Å². The summed E-state index contributed by atoms with van der Waals surface area (Å²) in [6.07, 6.45) is 0.213. The van der Waals surface area contributed by atoms with Gasteiger partial charge in [-0.25, -0.2) is 0 Å². The molecule has 0 amide bonds. The highest BCUT2D eigenvalue weighted by Crippen LogP contribution is 2.43. The second-order valence-electron chi connectivity index (χ2n) is 9.05. The predicted molar refractivity (Wildman–Crippen MR) is 123 cm³/mol. The molecule has 1 fully saturated rings. The van der Waals surface area contributed by atoms with Gasteiger partial charge >= 0.3 is 5.97 Å². The average Bonchev–Trinajstić information content (AvgIpc) is 2.97. The van der Waals surface area contributed by atoms with Crippen molar-refractivity contribution in [1.82, 2.24) is 0 Å². The standard InChI is InChI=1S/C23H38O4SSi/c1-15(2)29(16(3)4,17(5)6)25-14-22-21(26-19(8)24)13-23(27-22)28-20-11-9-18(7)10-12-20/h9-12,15-17,21-23H,13-14H2,1-8H3/t21-,22+,23?/m0/s1. The molecule has 1 aromatic carbocycles. The number of hydrogen-bond acceptors (Lipinski definition) is 5. The zero-order valence-electron chi connectivity index (χ0n) is 19.2. The van der Waals surface area contributed by atoms with E-state index in [1.807, 2.05) is 0 Å². The van der Waals surface area contributed by atoms with E-state index in [-0.39, 0.29) is 23.6 Å². The Kier molecular flexibility index (Phi) is 8.82. The lowest BCUT2D eigenvalue weighted by Crippen LogP contribution is -2.50. The van der Waals surface area contributed by atoms with E-state index >= 15 is 0 Å². The molecule has 164 valence electrons. The maximum absolute atomic E-state index is 11.7. The van der Waals surface area contributed by atoms with Gasteiger partial charge in [0.15, 0.2) is 8.32 Å². The van der Waals surface area contributed by atoms with E-state index in [0.717, 1.165) is 0 Å². The highest BCUT2D eigenvalue weighted by molar-refractivity contribution is 7.99. The van der Waals surface area contributed by atoms with Gasteiger partial charge in [0.1, 0.15) is 17.6 Å². The molecule has 4 nitrogen and oxygen atoms in total. The molecular formula is C23H38O4SSi. The van der Waals surface area contributed by atoms with Gasteiger partial charge < -0.3 is 13.9 Å². The highest BCUT2D eigenvalue weighted by atomic mass is 32.2. The van der Waals surface area contributed by atoms with Crippen molar-refractivity contribution in [2.45, 2.75) is 101 Å². The third kappa shape index (κ3) is 6.09. The predicted octanol–water partition coefficient (Wildman–Crippen LogP) is 6.33. The Morgan fingerprint density at radius 2 is 1.66 bits per heavy atom. The summed E-state index contributed by atoms with van der Waals surface area (Å²) in [5.41, 5.74) is 2.73. The van der Waals surface area contributed by atoms with Crippen LogP contribution in [-0.2, 0) is 18.7 Å². The largest absolute Gasteiger partial charge is 0.460 e. The number of benzene rings is 1. The molecule has 1 aliphatic heterocycles. The van der Waals surface area contributed by atoms with Gasteiger partial charge in [-0.1, -0.05) is 71.0 Å². The van der Waals surface area contributed by atoms with Crippen molar-refractivity contribution in [3.8, 4) is 0 Å². The van der Waals surface area contributed by atoms with Gasteiger partial charge in [0, 0.05) is 18.2 Å². The zero-order chi connectivity index (χ0) is 21.8. The van der Waals surface area contributed by atoms with Crippen LogP contribution in [0.4, 0.5) is 0 Å². The molecule has 0 aromatic heterocycles. The Balaban J connectivity index is 2.11. The molecular weight excluding hydrogens is 400 g/mol. The van der Waals surface area contributed by atoms with E-state index in [1.165, 1.54) is 17.4 Å². The van der Waals surface area contributed by atoms with Crippen molar-refractivity contribution in [1.29, 1.82) is 0 Å². The van der Waals surface area contributed by atoms with Crippen LogP contribution in [0.1, 0.15) is 60.5 Å². The van der Waals surface area contributed by atoms with Crippen LogP contribution < -0.4 is 0 Å². The molecule has 29 heavy (non-hydrogen) atoms. The molecule has 0 bridgehead atoms. The van der Waals surface area contributed by atoms with Crippen LogP contribution >= 0.6 is 11.8 Å². The van der Waals surface area contributed by atoms with Gasteiger partial charge in [-0.15, -0.1) is 0 Å². The molecule has 1 saturated heterocycles. The molecule has 0 N–H and O–H groups in total. The van der Waals surface area contributed by atoms with Crippen molar-refractivity contribution < 1.29 is 18.7 Å². The summed E-state index contributed by atoms with van der Waals surface area (Å²) >= 11 is 1.69. The number of thioether (sulfide) groups is 1. The zero-order valence-corrected chi connectivity index (χ0v) is 21.0. The van der Waals surface area contributed by atoms with Gasteiger partial charge in [-0.05, 0) is 35.7 Å². The summed E-state index contributed by atoms with van der Waals surface area (Å²) in [6.45, 7) is 17.7. The summed E-state index contributed by atoms with van der Waals surface area (Å²) < 4.78 is 18.7. The second kappa shape index (κ2) is 10.5. The van der Waals surface area contributed by atoms with E-state index in [1.54, 1.807) is 11.8 Å². The van der Waals surface area contributed by atoms with Crippen LogP contribution in [0, 0.1) is 6.92 Å². The number of esters is 1. The third-order valence-electron chi connectivity index (χ3n) is 5.98. The van der Waals surface area contributed by atoms with E-state index < -0.39 is 8.32 Å². The first-order valence-corrected chi connectivity index (χ1v) is 13.8. The fourth-order valence-electron chi connectivity index (χ4n) is 4.73. The first-order valence-electron chi connectivity index (χ1n) is 10.8. The number of aryl methyl sites for hydroxylation is 1. The molecule has 0 aliphatic carbocycles. The van der Waals surface area contributed by atoms with E-state index in [0.29, 0.717) is 29.7 Å². The number of hydrogen-bond donors (Lipinski definition) is 0. The third-order valence-corrected chi connectivity index (χ3v) is 13.2. The van der Waals surface area contributed by atoms with E-state index in [4.69, 9.17) is 13.9 Å². The molecule has 6 heteroatoms. The van der Waals surface area contributed by atoms with Crippen LogP contribution in [0.15, 0.2) is 29.2 Å². The van der Waals surface area contributed by atoms with Crippen LogP contribution in [0.2, 0.25) is 16.6 Å². The van der Waals surface area contributed by atoms with Gasteiger partial charge in [0.25, 0.3) is 0 Å². The first kappa shape index (κ1) is 24.4. The number of carbonyl (C=O) groups is 1. The first-order chi connectivity index (χ1) is 13.6. The molecule has 0 radical (unpaired) electrons. The molecule has 1 unspecified atom stereocenters. The minimum Gasteiger partial charge on any atom is -0.460 e. The molecule has 2 rings (SSSR count). The SMILES string of the molecule is CC(=O)O[C@H]1CC(Sc2ccc(C)cc2)O[C@@H]1CO[Si](C(C)C)(C(C)C)C(C)C. The Labute approximate surface area is 182 Å². The molecule has 0 saturated carbocycles. The highest BCUT2D eigenvalue weighted by Gasteiger charge is 2.47. The van der Waals surface area contributed by atoms with E-state index in [9.17, 15) is 4.79 Å². The molecule has 0 spiro atoms. The van der Waals surface area contributed by atoms with Crippen LogP contribution in [0.3, 0.4) is 0 Å². The van der Waals surface area contributed by atoms with E-state index in [2.05, 4.69) is 72.7 Å². The fourth-order valence-corrected chi connectivity index (χ4v) is 11.3. The van der Waals surface area contributed by atoms with Gasteiger partial charge in [-0.2, -0.15) is 0 Å². The average molecular weight is 439 g/mol. The van der Waals surface area contributed by atoms with Crippen molar-refractivity contribution in [3.05, 3.63) is 29.8 Å². The Morgan fingerprint density at radius 3 is 2.14 bits per heavy atom. The fraction of sp³-hybridized carbons (Fsp3) is 0.696. The molecule has 3 atom stereocenters. The topological polar surface area (TPSA) is 44.8 Å². The summed E-state index contributed by atoms with van der Waals surface area (Å²) in [5, 5.41) is 0. The smallest absolute Gasteiger partial charge is 0.302 e. The minimum atomic E-state index is -1.99. The van der Waals surface area contributed by atoms with Crippen LogP contribution in [0.5, 0.6) is 0 Å². The van der Waals surface area contributed by atoms with Gasteiger partial charge in [0.2, 0.25) is 0 Å². The monoisotopic (exact) mass is 438 g/mol. The lowest BCUT2D eigenvalue weighted by atomic mass is 10.2. The lowest BCUT2D eigenvalue weighted by molar-refractivity contribution is -0.149. The van der Waals surface area contributed by atoms with Crippen LogP contribution in [0.25, 0.3) is 0 Å². The molecule has 1 heterocycles. The summed E-state index contributed by atoms with van der Waals surface area (Å²) in [7, 11) is -1.99. The second-order valence-corrected chi connectivity index (χ2v) is 15.7. The number of ether oxygens (including phenoxy) is 2. The summed E-state index contributed by atoms with van der Waals surface area (Å²) in [6, 6.07) is 8.44. The Morgan fingerprint density at radius 1 is 1.10 bits per heavy atom. The van der Waals surface area contributed by atoms with Crippen molar-refractivity contribution >= 4 is 26.0 Å². The van der Waals surface area contributed by atoms with Crippen molar-refractivity contribution in [2.24, 2.45) is 0 Å². The summed E-state index contributed by atoms with van der Waals surface area (Å²) in [4.78, 5) is 12.8. The number of rotatable bonds is 9. The molecule has 1 aromatic rings. The van der Waals surface area contributed by atoms with Gasteiger partial charge in [-0.3, -0.25) is 4.79 Å². The normalized spacial score (nSPS) is 22.7. The maximum atomic E-state index is 11.7. The Hall–Kier alpha value is -0.823. The number of carbonyl (C=O) groups excluding carboxylic acids is 1. The minimum absolute atomic E-state index is 0.0381. The lowest BCUT2D eigenvalue weighted by Gasteiger charge is -2.42. The maximum Gasteiger partial charge on any atom is 0.302 e. The van der Waals surface area contributed by atoms with Gasteiger partial charge in [0.05, 0.1) is 6.61 Å².